The highest BCUT2D eigenvalue weighted by Gasteiger charge is 2.45. The lowest BCUT2D eigenvalue weighted by Crippen LogP contribution is -2.61. The first-order valence-electron chi connectivity index (χ1n) is 22.3. The Balaban J connectivity index is 1.09. The van der Waals surface area contributed by atoms with Gasteiger partial charge in [0, 0.05) is 62.0 Å². The molecular formula is C58H43BN2O4. The lowest BCUT2D eigenvalue weighted by molar-refractivity contribution is 0.174. The van der Waals surface area contributed by atoms with Crippen molar-refractivity contribution in [3.8, 4) is 45.3 Å². The van der Waals surface area contributed by atoms with Crippen molar-refractivity contribution in [1.82, 2.24) is 0 Å². The van der Waals surface area contributed by atoms with Gasteiger partial charge in [0.15, 0.2) is 11.5 Å². The molecule has 5 heterocycles. The van der Waals surface area contributed by atoms with Gasteiger partial charge in [-0.05, 0) is 118 Å². The molecule has 13 rings (SSSR count). The molecule has 8 aromatic carbocycles. The summed E-state index contributed by atoms with van der Waals surface area (Å²) in [5, 5.41) is 2.15. The van der Waals surface area contributed by atoms with Crippen LogP contribution >= 0.6 is 0 Å². The van der Waals surface area contributed by atoms with Gasteiger partial charge in [0.05, 0.1) is 5.69 Å². The monoisotopic (exact) mass is 842 g/mol. The van der Waals surface area contributed by atoms with E-state index in [0.717, 1.165) is 112 Å². The SMILES string of the molecule is Cc1cc2c3c(c1)N(c1ccc(C(C)(C)C)cc1-c1ccccc1)c1cc4c(cc1B3c1ccc(-c3cc5ccccc5o3)cc1N2c1cccc(-c2cc3ccccc3o2)c1)OCO4. The number of nitrogens with zero attached hydrogens (tertiary/aromatic N) is 2. The Bertz CT molecular complexity index is 3500. The van der Waals surface area contributed by atoms with Crippen LogP contribution in [0.3, 0.4) is 0 Å². The van der Waals surface area contributed by atoms with E-state index < -0.39 is 0 Å². The van der Waals surface area contributed by atoms with Gasteiger partial charge in [0.2, 0.25) is 6.79 Å². The summed E-state index contributed by atoms with van der Waals surface area (Å²) in [6, 6.07) is 63.2. The molecule has 2 aromatic heterocycles. The molecular weight excluding hydrogens is 799 g/mol. The van der Waals surface area contributed by atoms with Gasteiger partial charge in [-0.1, -0.05) is 118 Å². The van der Waals surface area contributed by atoms with Gasteiger partial charge in [-0.3, -0.25) is 0 Å². The summed E-state index contributed by atoms with van der Waals surface area (Å²) < 4.78 is 25.4. The fraction of sp³-hybridized carbons (Fsp3) is 0.103. The Morgan fingerprint density at radius 1 is 0.477 bits per heavy atom. The van der Waals surface area contributed by atoms with Crippen LogP contribution in [0.4, 0.5) is 34.1 Å². The second-order valence-electron chi connectivity index (χ2n) is 18.6. The molecule has 0 saturated carbocycles. The Morgan fingerprint density at radius 2 is 1.11 bits per heavy atom. The van der Waals surface area contributed by atoms with E-state index in [4.69, 9.17) is 18.3 Å². The molecule has 3 aliphatic heterocycles. The number of hydrogen-bond acceptors (Lipinski definition) is 6. The van der Waals surface area contributed by atoms with E-state index in [-0.39, 0.29) is 18.9 Å². The maximum atomic E-state index is 6.54. The number of rotatable bonds is 5. The normalized spacial score (nSPS) is 13.6. The van der Waals surface area contributed by atoms with Crippen molar-refractivity contribution in [2.45, 2.75) is 33.1 Å². The minimum Gasteiger partial charge on any atom is -0.456 e. The maximum absolute atomic E-state index is 6.54. The molecule has 10 aromatic rings. The zero-order valence-electron chi connectivity index (χ0n) is 36.6. The van der Waals surface area contributed by atoms with Crippen LogP contribution in [-0.4, -0.2) is 13.5 Å². The van der Waals surface area contributed by atoms with Gasteiger partial charge in [0.25, 0.3) is 6.71 Å². The Morgan fingerprint density at radius 3 is 1.82 bits per heavy atom. The molecule has 0 saturated heterocycles. The summed E-state index contributed by atoms with van der Waals surface area (Å²) >= 11 is 0. The van der Waals surface area contributed by atoms with Crippen LogP contribution in [0.2, 0.25) is 0 Å². The second kappa shape index (κ2) is 14.1. The van der Waals surface area contributed by atoms with Crippen molar-refractivity contribution in [2.24, 2.45) is 0 Å². The van der Waals surface area contributed by atoms with E-state index in [2.05, 4.69) is 189 Å². The lowest BCUT2D eigenvalue weighted by Gasteiger charge is -2.45. The highest BCUT2D eigenvalue weighted by Crippen LogP contribution is 2.50. The van der Waals surface area contributed by atoms with Crippen LogP contribution in [0.5, 0.6) is 11.5 Å². The summed E-state index contributed by atoms with van der Waals surface area (Å²) in [6.07, 6.45) is 0. The van der Waals surface area contributed by atoms with Crippen LogP contribution in [0.15, 0.2) is 185 Å². The summed E-state index contributed by atoms with van der Waals surface area (Å²) in [5.41, 5.74) is 18.5. The van der Waals surface area contributed by atoms with Crippen molar-refractivity contribution in [2.75, 3.05) is 16.6 Å². The average Bonchev–Trinajstić information content (AvgIpc) is 4.09. The van der Waals surface area contributed by atoms with E-state index in [1.54, 1.807) is 0 Å². The maximum Gasteiger partial charge on any atom is 0.252 e. The minimum absolute atomic E-state index is 0.0518. The zero-order valence-corrected chi connectivity index (χ0v) is 36.6. The van der Waals surface area contributed by atoms with Crippen molar-refractivity contribution in [3.63, 3.8) is 0 Å². The summed E-state index contributed by atoms with van der Waals surface area (Å²) in [6.45, 7) is 9.11. The molecule has 0 unspecified atom stereocenters. The standard InChI is InChI=1S/C58H43BN2O4/c1-35-25-49-57-50(26-35)61(46-24-22-41(58(2,3)4)31-43(46)36-13-6-5-7-14-36)48-33-56-55(62-34-63-56)32-45(48)59(57)44-23-21-40(54-30-39-16-9-11-20-52(39)65-54)28-47(44)60(49)42-18-12-17-37(27-42)53-29-38-15-8-10-19-51(38)64-53/h5-33H,34H2,1-4H3. The van der Waals surface area contributed by atoms with E-state index >= 15 is 0 Å². The molecule has 6 nitrogen and oxygen atoms in total. The van der Waals surface area contributed by atoms with Crippen molar-refractivity contribution in [3.05, 3.63) is 187 Å². The van der Waals surface area contributed by atoms with Crippen LogP contribution in [-0.2, 0) is 5.41 Å². The third-order valence-corrected chi connectivity index (χ3v) is 13.4. The number of anilines is 6. The van der Waals surface area contributed by atoms with Gasteiger partial charge in [0.1, 0.15) is 22.7 Å². The number of aryl methyl sites for hydroxylation is 1. The van der Waals surface area contributed by atoms with Gasteiger partial charge in [-0.15, -0.1) is 0 Å². The van der Waals surface area contributed by atoms with Gasteiger partial charge in [-0.25, -0.2) is 0 Å². The molecule has 0 radical (unpaired) electrons. The van der Waals surface area contributed by atoms with Crippen molar-refractivity contribution >= 4 is 79.2 Å². The molecule has 0 fully saturated rings. The Hall–Kier alpha value is -7.90. The number of benzene rings is 8. The number of furan rings is 2. The van der Waals surface area contributed by atoms with Crippen LogP contribution in [0, 0.1) is 6.92 Å². The van der Waals surface area contributed by atoms with Crippen LogP contribution in [0.1, 0.15) is 31.9 Å². The first-order chi connectivity index (χ1) is 31.7. The number of ether oxygens (including phenoxy) is 2. The molecule has 0 spiro atoms. The zero-order chi connectivity index (χ0) is 43.6. The highest BCUT2D eigenvalue weighted by atomic mass is 16.7. The molecule has 312 valence electrons. The highest BCUT2D eigenvalue weighted by molar-refractivity contribution is 7.00. The van der Waals surface area contributed by atoms with Crippen molar-refractivity contribution in [1.29, 1.82) is 0 Å². The number of para-hydroxylation sites is 2. The smallest absolute Gasteiger partial charge is 0.252 e. The molecule has 0 aliphatic carbocycles. The summed E-state index contributed by atoms with van der Waals surface area (Å²) in [4.78, 5) is 4.93. The Kier molecular flexibility index (Phi) is 8.14. The minimum atomic E-state index is -0.134. The predicted octanol–water partition coefficient (Wildman–Crippen LogP) is 13.6. The molecule has 0 N–H and O–H groups in total. The van der Waals surface area contributed by atoms with Gasteiger partial charge in [-0.2, -0.15) is 0 Å². The van der Waals surface area contributed by atoms with Crippen LogP contribution < -0.4 is 35.7 Å². The molecule has 3 aliphatic rings. The lowest BCUT2D eigenvalue weighted by atomic mass is 9.33. The predicted molar refractivity (Wildman–Crippen MR) is 266 cm³/mol. The molecule has 0 amide bonds. The summed E-state index contributed by atoms with van der Waals surface area (Å²) in [5.74, 6) is 3.16. The largest absolute Gasteiger partial charge is 0.456 e. The fourth-order valence-corrected chi connectivity index (χ4v) is 10.3. The first kappa shape index (κ1) is 37.6. The van der Waals surface area contributed by atoms with Crippen molar-refractivity contribution < 1.29 is 18.3 Å². The third kappa shape index (κ3) is 5.95. The fourth-order valence-electron chi connectivity index (χ4n) is 10.3. The average molecular weight is 843 g/mol. The molecule has 0 bridgehead atoms. The quantitative estimate of drug-likeness (QED) is 0.161. The third-order valence-electron chi connectivity index (χ3n) is 13.4. The van der Waals surface area contributed by atoms with E-state index in [1.165, 1.54) is 16.5 Å². The molecule has 0 atom stereocenters. The van der Waals surface area contributed by atoms with Gasteiger partial charge < -0.3 is 28.1 Å². The van der Waals surface area contributed by atoms with Gasteiger partial charge >= 0.3 is 0 Å². The molecule has 7 heteroatoms. The molecule has 65 heavy (non-hydrogen) atoms. The van der Waals surface area contributed by atoms with E-state index in [0.29, 0.717) is 0 Å². The topological polar surface area (TPSA) is 51.2 Å². The van der Waals surface area contributed by atoms with E-state index in [1.807, 2.05) is 24.3 Å². The van der Waals surface area contributed by atoms with E-state index in [9.17, 15) is 0 Å². The van der Waals surface area contributed by atoms with Crippen LogP contribution in [0.25, 0.3) is 55.7 Å². The number of hydrogen-bond donors (Lipinski definition) is 0. The second-order valence-corrected chi connectivity index (χ2v) is 18.6. The summed E-state index contributed by atoms with van der Waals surface area (Å²) in [7, 11) is 0. The number of fused-ring (bicyclic) bond motifs is 7. The first-order valence-corrected chi connectivity index (χ1v) is 22.3. The Labute approximate surface area is 378 Å².